The zero-order valence-electron chi connectivity index (χ0n) is 19.7. The van der Waals surface area contributed by atoms with Crippen molar-refractivity contribution in [3.63, 3.8) is 0 Å². The van der Waals surface area contributed by atoms with Crippen LogP contribution >= 0.6 is 0 Å². The van der Waals surface area contributed by atoms with Gasteiger partial charge in [0.05, 0.1) is 12.7 Å². The van der Waals surface area contributed by atoms with Crippen molar-refractivity contribution in [2.75, 3.05) is 26.7 Å². The second kappa shape index (κ2) is 20.7. The Hall–Kier alpha value is -0.240. The third kappa shape index (κ3) is 16.5. The van der Waals surface area contributed by atoms with Gasteiger partial charge in [0.25, 0.3) is 0 Å². The zero-order valence-corrected chi connectivity index (χ0v) is 19.7. The second-order valence-electron chi connectivity index (χ2n) is 9.01. The quantitative estimate of drug-likeness (QED) is 0.168. The van der Waals surface area contributed by atoms with E-state index in [1.165, 1.54) is 83.5 Å². The van der Waals surface area contributed by atoms with Crippen LogP contribution < -0.4 is 0 Å². The van der Waals surface area contributed by atoms with Gasteiger partial charge in [0.15, 0.2) is 0 Å². The van der Waals surface area contributed by atoms with E-state index >= 15 is 0 Å². The van der Waals surface area contributed by atoms with Crippen molar-refractivity contribution < 1.29 is 25.5 Å². The minimum absolute atomic E-state index is 0.217. The molecule has 0 heterocycles. The maximum absolute atomic E-state index is 9.98. The first kappa shape index (κ1) is 29.8. The molecule has 4 unspecified atom stereocenters. The number of nitrogens with zero attached hydrogens (tertiary/aromatic N) is 1. The molecule has 30 heavy (non-hydrogen) atoms. The Kier molecular flexibility index (Phi) is 20.5. The van der Waals surface area contributed by atoms with Crippen molar-refractivity contribution in [1.29, 1.82) is 0 Å². The van der Waals surface area contributed by atoms with E-state index in [4.69, 9.17) is 5.11 Å². The molecule has 4 atom stereocenters. The van der Waals surface area contributed by atoms with Gasteiger partial charge >= 0.3 is 0 Å². The molecule has 0 aromatic heterocycles. The van der Waals surface area contributed by atoms with Crippen molar-refractivity contribution in [1.82, 2.24) is 4.90 Å². The van der Waals surface area contributed by atoms with Crippen LogP contribution in [0.3, 0.4) is 0 Å². The van der Waals surface area contributed by atoms with Gasteiger partial charge in [-0.05, 0) is 20.0 Å². The molecule has 5 N–H and O–H groups in total. The lowest BCUT2D eigenvalue weighted by molar-refractivity contribution is -0.118. The summed E-state index contributed by atoms with van der Waals surface area (Å²) in [5.74, 6) is 0. The molecule has 0 aliphatic heterocycles. The van der Waals surface area contributed by atoms with Gasteiger partial charge in [-0.25, -0.2) is 0 Å². The van der Waals surface area contributed by atoms with Gasteiger partial charge in [-0.1, -0.05) is 96.8 Å². The largest absolute Gasteiger partial charge is 0.394 e. The summed E-state index contributed by atoms with van der Waals surface area (Å²) in [6, 6.07) is 0. The molecule has 0 aromatic carbocycles. The SMILES string of the molecule is CCCCCCCCCCCCCCCCCN(C)CC(O)C(O)C(O)C(O)CO. The standard InChI is InChI=1S/C24H51NO5/c1-3-4-5-6-7-8-9-10-11-12-13-14-15-16-17-18-25(2)19-21(27)23(29)24(30)22(28)20-26/h21-24,26-30H,3-20H2,1-2H3. The number of aliphatic hydroxyl groups is 5. The molecule has 0 aromatic rings. The number of aliphatic hydroxyl groups excluding tert-OH is 5. The summed E-state index contributed by atoms with van der Waals surface area (Å²) in [4.78, 5) is 1.92. The molecule has 0 aliphatic rings. The monoisotopic (exact) mass is 433 g/mol. The van der Waals surface area contributed by atoms with Crippen molar-refractivity contribution in [3.05, 3.63) is 0 Å². The van der Waals surface area contributed by atoms with Crippen LogP contribution in [-0.4, -0.2) is 81.6 Å². The van der Waals surface area contributed by atoms with E-state index in [0.717, 1.165) is 19.4 Å². The first-order chi connectivity index (χ1) is 14.4. The van der Waals surface area contributed by atoms with Gasteiger partial charge in [0.2, 0.25) is 0 Å². The summed E-state index contributed by atoms with van der Waals surface area (Å²) in [5.41, 5.74) is 0. The molecule has 6 heteroatoms. The van der Waals surface area contributed by atoms with Crippen LogP contribution in [-0.2, 0) is 0 Å². The molecule has 0 bridgehead atoms. The van der Waals surface area contributed by atoms with Crippen LogP contribution in [0.1, 0.15) is 103 Å². The lowest BCUT2D eigenvalue weighted by atomic mass is 10.0. The minimum atomic E-state index is -1.55. The van der Waals surface area contributed by atoms with E-state index in [1.54, 1.807) is 0 Å². The van der Waals surface area contributed by atoms with Crippen LogP contribution in [0.25, 0.3) is 0 Å². The van der Waals surface area contributed by atoms with Crippen LogP contribution in [0.2, 0.25) is 0 Å². The Morgan fingerprint density at radius 1 is 0.567 bits per heavy atom. The van der Waals surface area contributed by atoms with Gasteiger partial charge in [0, 0.05) is 6.54 Å². The number of unbranched alkanes of at least 4 members (excludes halogenated alkanes) is 14. The highest BCUT2D eigenvalue weighted by Crippen LogP contribution is 2.13. The molecule has 0 spiro atoms. The highest BCUT2D eigenvalue weighted by molar-refractivity contribution is 4.82. The molecule has 0 saturated carbocycles. The van der Waals surface area contributed by atoms with E-state index in [2.05, 4.69) is 6.92 Å². The fraction of sp³-hybridized carbons (Fsp3) is 1.00. The predicted molar refractivity (Wildman–Crippen MR) is 124 cm³/mol. The van der Waals surface area contributed by atoms with E-state index < -0.39 is 31.0 Å². The van der Waals surface area contributed by atoms with Crippen molar-refractivity contribution in [2.45, 2.75) is 128 Å². The van der Waals surface area contributed by atoms with Crippen molar-refractivity contribution in [2.24, 2.45) is 0 Å². The highest BCUT2D eigenvalue weighted by atomic mass is 16.4. The highest BCUT2D eigenvalue weighted by Gasteiger charge is 2.30. The average Bonchev–Trinajstić information content (AvgIpc) is 2.74. The normalized spacial score (nSPS) is 16.0. The maximum atomic E-state index is 9.98. The van der Waals surface area contributed by atoms with Crippen molar-refractivity contribution in [3.8, 4) is 0 Å². The van der Waals surface area contributed by atoms with Crippen LogP contribution in [0.15, 0.2) is 0 Å². The summed E-state index contributed by atoms with van der Waals surface area (Å²) < 4.78 is 0. The fourth-order valence-corrected chi connectivity index (χ4v) is 3.83. The zero-order chi connectivity index (χ0) is 22.6. The molecule has 182 valence electrons. The lowest BCUT2D eigenvalue weighted by Crippen LogP contribution is -2.49. The Balaban J connectivity index is 3.47. The van der Waals surface area contributed by atoms with Gasteiger partial charge in [-0.3, -0.25) is 0 Å². The van der Waals surface area contributed by atoms with E-state index in [9.17, 15) is 20.4 Å². The molecule has 6 nitrogen and oxygen atoms in total. The molecule has 0 radical (unpaired) electrons. The summed E-state index contributed by atoms with van der Waals surface area (Å²) in [6.07, 6.45) is 14.3. The Morgan fingerprint density at radius 2 is 0.933 bits per heavy atom. The van der Waals surface area contributed by atoms with E-state index in [-0.39, 0.29) is 6.54 Å². The van der Waals surface area contributed by atoms with Gasteiger partial charge < -0.3 is 30.4 Å². The van der Waals surface area contributed by atoms with Gasteiger partial charge in [-0.15, -0.1) is 0 Å². The minimum Gasteiger partial charge on any atom is -0.394 e. The summed E-state index contributed by atoms with van der Waals surface area (Å²) in [6.45, 7) is 2.65. The fourth-order valence-electron chi connectivity index (χ4n) is 3.83. The van der Waals surface area contributed by atoms with Crippen molar-refractivity contribution >= 4 is 0 Å². The molecular weight excluding hydrogens is 382 g/mol. The number of rotatable bonds is 22. The van der Waals surface area contributed by atoms with Crippen LogP contribution in [0.4, 0.5) is 0 Å². The van der Waals surface area contributed by atoms with Crippen LogP contribution in [0, 0.1) is 0 Å². The lowest BCUT2D eigenvalue weighted by Gasteiger charge is -2.28. The smallest absolute Gasteiger partial charge is 0.111 e. The molecular formula is C24H51NO5. The molecule has 0 saturated heterocycles. The molecule has 0 rings (SSSR count). The predicted octanol–water partition coefficient (Wildman–Crippen LogP) is 3.23. The van der Waals surface area contributed by atoms with E-state index in [1.807, 2.05) is 11.9 Å². The van der Waals surface area contributed by atoms with Gasteiger partial charge in [-0.2, -0.15) is 0 Å². The molecule has 0 fully saturated rings. The maximum Gasteiger partial charge on any atom is 0.111 e. The second-order valence-corrected chi connectivity index (χ2v) is 9.01. The molecule has 0 aliphatic carbocycles. The van der Waals surface area contributed by atoms with Gasteiger partial charge in [0.1, 0.15) is 18.3 Å². The number of hydrogen-bond donors (Lipinski definition) is 5. The van der Waals surface area contributed by atoms with E-state index in [0.29, 0.717) is 0 Å². The Bertz CT molecular complexity index is 358. The third-order valence-electron chi connectivity index (χ3n) is 5.97. The average molecular weight is 434 g/mol. The summed E-state index contributed by atoms with van der Waals surface area (Å²) >= 11 is 0. The molecule has 0 amide bonds. The number of likely N-dealkylation sites (N-methyl/N-ethyl adjacent to an activating group) is 1. The summed E-state index contributed by atoms with van der Waals surface area (Å²) in [5, 5.41) is 47.6. The first-order valence-corrected chi connectivity index (χ1v) is 12.5. The number of hydrogen-bond acceptors (Lipinski definition) is 6. The Labute approximate surface area is 185 Å². The summed E-state index contributed by atoms with van der Waals surface area (Å²) in [7, 11) is 1.87. The third-order valence-corrected chi connectivity index (χ3v) is 5.97. The van der Waals surface area contributed by atoms with Crippen LogP contribution in [0.5, 0.6) is 0 Å². The Morgan fingerprint density at radius 3 is 1.33 bits per heavy atom. The topological polar surface area (TPSA) is 104 Å². The first-order valence-electron chi connectivity index (χ1n) is 12.5.